The van der Waals surface area contributed by atoms with E-state index in [0.717, 1.165) is 10.4 Å². The van der Waals surface area contributed by atoms with Gasteiger partial charge < -0.3 is 11.1 Å². The van der Waals surface area contributed by atoms with E-state index in [2.05, 4.69) is 5.32 Å². The van der Waals surface area contributed by atoms with Gasteiger partial charge in [-0.25, -0.2) is 0 Å². The summed E-state index contributed by atoms with van der Waals surface area (Å²) >= 11 is 1.26. The molecule has 8 heteroatoms. The minimum absolute atomic E-state index is 0.0535. The van der Waals surface area contributed by atoms with Crippen LogP contribution in [-0.2, 0) is 0 Å². The second kappa shape index (κ2) is 6.17. The minimum Gasteiger partial charge on any atom is -0.365 e. The van der Waals surface area contributed by atoms with Gasteiger partial charge in [0.2, 0.25) is 0 Å². The minimum atomic E-state index is -0.609. The van der Waals surface area contributed by atoms with Crippen LogP contribution in [0.25, 0.3) is 0 Å². The zero-order valence-electron chi connectivity index (χ0n) is 12.8. The molecule has 120 valence electrons. The van der Waals surface area contributed by atoms with E-state index in [1.165, 1.54) is 29.5 Å². The quantitative estimate of drug-likeness (QED) is 0.661. The van der Waals surface area contributed by atoms with E-state index >= 15 is 0 Å². The van der Waals surface area contributed by atoms with Crippen LogP contribution >= 0.6 is 11.3 Å². The summed E-state index contributed by atoms with van der Waals surface area (Å²) in [4.78, 5) is 35.1. The van der Waals surface area contributed by atoms with Gasteiger partial charge in [-0.15, -0.1) is 11.3 Å². The van der Waals surface area contributed by atoms with Gasteiger partial charge in [-0.05, 0) is 38.5 Å². The lowest BCUT2D eigenvalue weighted by molar-refractivity contribution is -0.385. The van der Waals surface area contributed by atoms with E-state index in [-0.39, 0.29) is 11.3 Å². The van der Waals surface area contributed by atoms with Crippen LogP contribution in [0.2, 0.25) is 0 Å². The lowest BCUT2D eigenvalue weighted by Crippen LogP contribution is -2.17. The zero-order valence-corrected chi connectivity index (χ0v) is 13.6. The predicted molar refractivity (Wildman–Crippen MR) is 88.1 cm³/mol. The van der Waals surface area contributed by atoms with Gasteiger partial charge in [0.05, 0.1) is 10.5 Å². The molecule has 0 radical (unpaired) electrons. The Hall–Kier alpha value is -2.74. The van der Waals surface area contributed by atoms with Gasteiger partial charge in [-0.2, -0.15) is 0 Å². The maximum Gasteiger partial charge on any atom is 0.272 e. The molecule has 1 heterocycles. The Morgan fingerprint density at radius 3 is 2.43 bits per heavy atom. The number of carbonyl (C=O) groups is 2. The molecule has 3 N–H and O–H groups in total. The third-order valence-electron chi connectivity index (χ3n) is 3.51. The summed E-state index contributed by atoms with van der Waals surface area (Å²) in [5.41, 5.74) is 6.99. The van der Waals surface area contributed by atoms with Crippen molar-refractivity contribution in [2.45, 2.75) is 20.8 Å². The van der Waals surface area contributed by atoms with E-state index in [9.17, 15) is 19.7 Å². The first-order chi connectivity index (χ1) is 10.7. The molecule has 2 amide bonds. The zero-order chi connectivity index (χ0) is 17.3. The topological polar surface area (TPSA) is 115 Å². The van der Waals surface area contributed by atoms with Crippen molar-refractivity contribution < 1.29 is 14.5 Å². The van der Waals surface area contributed by atoms with Gasteiger partial charge in [0.15, 0.2) is 0 Å². The van der Waals surface area contributed by atoms with Crippen molar-refractivity contribution in [3.63, 3.8) is 0 Å². The Bertz CT molecular complexity index is 826. The Morgan fingerprint density at radius 2 is 1.91 bits per heavy atom. The number of thiophene rings is 1. The number of primary amides is 1. The van der Waals surface area contributed by atoms with Gasteiger partial charge in [-0.3, -0.25) is 19.7 Å². The highest BCUT2D eigenvalue weighted by Crippen LogP contribution is 2.32. The van der Waals surface area contributed by atoms with E-state index in [1.54, 1.807) is 13.8 Å². The van der Waals surface area contributed by atoms with Crippen LogP contribution in [0.3, 0.4) is 0 Å². The summed E-state index contributed by atoms with van der Waals surface area (Å²) in [7, 11) is 0. The molecule has 0 bridgehead atoms. The van der Waals surface area contributed by atoms with Crippen LogP contribution in [0.1, 0.15) is 36.7 Å². The normalized spacial score (nSPS) is 10.4. The lowest BCUT2D eigenvalue weighted by atomic mass is 10.1. The SMILES string of the molecule is Cc1cc(C(=O)Nc2sc(C)c(C)c2C(N)=O)ccc1[N+](=O)[O-]. The fraction of sp³-hybridized carbons (Fsp3) is 0.200. The van der Waals surface area contributed by atoms with Gasteiger partial charge >= 0.3 is 0 Å². The number of nitrogens with one attached hydrogen (secondary N) is 1. The maximum absolute atomic E-state index is 12.3. The van der Waals surface area contributed by atoms with Crippen molar-refractivity contribution in [2.75, 3.05) is 5.32 Å². The maximum atomic E-state index is 12.3. The van der Waals surface area contributed by atoms with Crippen molar-refractivity contribution in [3.8, 4) is 0 Å². The largest absolute Gasteiger partial charge is 0.365 e. The summed E-state index contributed by atoms with van der Waals surface area (Å²) in [5, 5.41) is 13.8. The summed E-state index contributed by atoms with van der Waals surface area (Å²) in [6, 6.07) is 4.09. The molecule has 0 atom stereocenters. The average Bonchev–Trinajstić information content (AvgIpc) is 2.73. The fourth-order valence-corrected chi connectivity index (χ4v) is 3.25. The van der Waals surface area contributed by atoms with Crippen molar-refractivity contribution in [3.05, 3.63) is 55.4 Å². The number of nitro groups is 1. The number of nitro benzene ring substituents is 1. The van der Waals surface area contributed by atoms with Gasteiger partial charge in [0.1, 0.15) is 5.00 Å². The second-order valence-electron chi connectivity index (χ2n) is 5.06. The number of rotatable bonds is 4. The number of carbonyl (C=O) groups excluding carboxylic acids is 2. The van der Waals surface area contributed by atoms with Crippen LogP contribution in [0, 0.1) is 30.9 Å². The molecule has 1 aromatic heterocycles. The fourth-order valence-electron chi connectivity index (χ4n) is 2.19. The first kappa shape index (κ1) is 16.6. The molecule has 0 saturated carbocycles. The number of hydrogen-bond donors (Lipinski definition) is 2. The van der Waals surface area contributed by atoms with Crippen molar-refractivity contribution in [1.82, 2.24) is 0 Å². The molecule has 0 aliphatic carbocycles. The molecule has 0 spiro atoms. The number of anilines is 1. The second-order valence-corrected chi connectivity index (χ2v) is 6.29. The van der Waals surface area contributed by atoms with E-state index in [1.807, 2.05) is 6.92 Å². The molecule has 0 aliphatic rings. The van der Waals surface area contributed by atoms with E-state index in [0.29, 0.717) is 16.1 Å². The van der Waals surface area contributed by atoms with Crippen molar-refractivity contribution >= 4 is 33.8 Å². The number of aryl methyl sites for hydroxylation is 2. The first-order valence-corrected chi connectivity index (χ1v) is 7.50. The van der Waals surface area contributed by atoms with Crippen LogP contribution in [0.5, 0.6) is 0 Å². The number of benzene rings is 1. The smallest absolute Gasteiger partial charge is 0.272 e. The molecule has 0 aliphatic heterocycles. The summed E-state index contributed by atoms with van der Waals surface area (Å²) in [6.45, 7) is 5.15. The first-order valence-electron chi connectivity index (χ1n) is 6.68. The number of nitrogens with two attached hydrogens (primary N) is 1. The Balaban J connectivity index is 2.33. The van der Waals surface area contributed by atoms with Crippen molar-refractivity contribution in [1.29, 1.82) is 0 Å². The molecule has 0 unspecified atom stereocenters. The predicted octanol–water partition coefficient (Wildman–Crippen LogP) is 2.93. The van der Waals surface area contributed by atoms with Crippen LogP contribution in [-0.4, -0.2) is 16.7 Å². The van der Waals surface area contributed by atoms with Gasteiger partial charge in [0, 0.05) is 22.1 Å². The van der Waals surface area contributed by atoms with Crippen LogP contribution < -0.4 is 11.1 Å². The van der Waals surface area contributed by atoms with Crippen LogP contribution in [0.4, 0.5) is 10.7 Å². The molecule has 1 aromatic carbocycles. The van der Waals surface area contributed by atoms with E-state index in [4.69, 9.17) is 5.73 Å². The highest BCUT2D eigenvalue weighted by molar-refractivity contribution is 7.16. The highest BCUT2D eigenvalue weighted by Gasteiger charge is 2.20. The molecule has 7 nitrogen and oxygen atoms in total. The number of nitrogens with zero attached hydrogens (tertiary/aromatic N) is 1. The summed E-state index contributed by atoms with van der Waals surface area (Å²) in [5.74, 6) is -1.06. The van der Waals surface area contributed by atoms with E-state index < -0.39 is 16.7 Å². The van der Waals surface area contributed by atoms with Crippen molar-refractivity contribution in [2.24, 2.45) is 5.73 Å². The monoisotopic (exact) mass is 333 g/mol. The molecule has 0 saturated heterocycles. The molecular weight excluding hydrogens is 318 g/mol. The molecule has 2 rings (SSSR count). The van der Waals surface area contributed by atoms with Gasteiger partial charge in [0.25, 0.3) is 17.5 Å². The third kappa shape index (κ3) is 3.21. The summed E-state index contributed by atoms with van der Waals surface area (Å²) < 4.78 is 0. The number of amides is 2. The highest BCUT2D eigenvalue weighted by atomic mass is 32.1. The molecule has 0 fully saturated rings. The van der Waals surface area contributed by atoms with Gasteiger partial charge in [-0.1, -0.05) is 0 Å². The Morgan fingerprint density at radius 1 is 1.26 bits per heavy atom. The Kier molecular flexibility index (Phi) is 4.46. The standard InChI is InChI=1S/C15H15N3O4S/c1-7-6-10(4-5-11(7)18(21)22)14(20)17-15-12(13(16)19)8(2)9(3)23-15/h4-6H,1-3H3,(H2,16,19)(H,17,20). The third-order valence-corrected chi connectivity index (χ3v) is 4.64. The molecule has 2 aromatic rings. The molecular formula is C15H15N3O4S. The summed E-state index contributed by atoms with van der Waals surface area (Å²) in [6.07, 6.45) is 0. The Labute approximate surface area is 136 Å². The van der Waals surface area contributed by atoms with Crippen LogP contribution in [0.15, 0.2) is 18.2 Å². The number of hydrogen-bond acceptors (Lipinski definition) is 5. The molecule has 23 heavy (non-hydrogen) atoms. The lowest BCUT2D eigenvalue weighted by Gasteiger charge is -2.06. The average molecular weight is 333 g/mol.